The van der Waals surface area contributed by atoms with E-state index in [-0.39, 0.29) is 5.91 Å². The number of amides is 1. The van der Waals surface area contributed by atoms with E-state index in [9.17, 15) is 4.79 Å². The van der Waals surface area contributed by atoms with Gasteiger partial charge in [0.05, 0.1) is 12.9 Å². The molecule has 1 atom stereocenters. The lowest BCUT2D eigenvalue weighted by Crippen LogP contribution is -2.37. The summed E-state index contributed by atoms with van der Waals surface area (Å²) in [6.07, 6.45) is 9.26. The van der Waals surface area contributed by atoms with E-state index in [1.807, 2.05) is 4.90 Å². The summed E-state index contributed by atoms with van der Waals surface area (Å²) in [6.45, 7) is 1.93. The lowest BCUT2D eigenvalue weighted by Gasteiger charge is -2.27. The number of ether oxygens (including phenoxy) is 1. The fraction of sp³-hybridized carbons (Fsp3) is 0.533. The molecule has 104 valence electrons. The molecule has 0 aliphatic heterocycles. The molecule has 0 bridgehead atoms. The van der Waals surface area contributed by atoms with Gasteiger partial charge in [-0.15, -0.1) is 0 Å². The van der Waals surface area contributed by atoms with Crippen LogP contribution >= 0.6 is 0 Å². The summed E-state index contributed by atoms with van der Waals surface area (Å²) in [5.74, 6) is 0.903. The van der Waals surface area contributed by atoms with Crippen LogP contribution in [0, 0.1) is 5.92 Å². The number of furan rings is 1. The molecule has 1 aromatic heterocycles. The Hall–Kier alpha value is -1.55. The van der Waals surface area contributed by atoms with E-state index in [2.05, 4.69) is 12.2 Å². The quantitative estimate of drug-likeness (QED) is 0.741. The smallest absolute Gasteiger partial charge is 0.289 e. The zero-order valence-corrected chi connectivity index (χ0v) is 11.4. The highest BCUT2D eigenvalue weighted by Gasteiger charge is 2.22. The molecule has 0 spiro atoms. The largest absolute Gasteiger partial charge is 0.459 e. The van der Waals surface area contributed by atoms with Crippen LogP contribution in [-0.2, 0) is 4.74 Å². The van der Waals surface area contributed by atoms with Crippen molar-refractivity contribution in [3.8, 4) is 0 Å². The van der Waals surface area contributed by atoms with Crippen LogP contribution in [0.15, 0.2) is 35.0 Å². The van der Waals surface area contributed by atoms with Gasteiger partial charge in [0.2, 0.25) is 0 Å². The van der Waals surface area contributed by atoms with E-state index in [1.165, 1.54) is 6.26 Å². The average Bonchev–Trinajstić information content (AvgIpc) is 2.98. The molecule has 1 aromatic rings. The van der Waals surface area contributed by atoms with Crippen LogP contribution in [0.4, 0.5) is 0 Å². The summed E-state index contributed by atoms with van der Waals surface area (Å²) < 4.78 is 10.3. The molecule has 19 heavy (non-hydrogen) atoms. The number of hydrogen-bond acceptors (Lipinski definition) is 3. The molecule has 0 radical (unpaired) electrons. The zero-order valence-electron chi connectivity index (χ0n) is 11.4. The first-order valence-corrected chi connectivity index (χ1v) is 6.78. The number of nitrogens with zero attached hydrogens (tertiary/aromatic N) is 1. The molecule has 4 heteroatoms. The lowest BCUT2D eigenvalue weighted by atomic mass is 9.94. The summed E-state index contributed by atoms with van der Waals surface area (Å²) in [5.41, 5.74) is 0. The van der Waals surface area contributed by atoms with Gasteiger partial charge >= 0.3 is 0 Å². The number of rotatable bonds is 6. The van der Waals surface area contributed by atoms with E-state index >= 15 is 0 Å². The average molecular weight is 263 g/mol. The second-order valence-corrected chi connectivity index (χ2v) is 4.87. The predicted molar refractivity (Wildman–Crippen MR) is 73.0 cm³/mol. The highest BCUT2D eigenvalue weighted by atomic mass is 16.5. The minimum absolute atomic E-state index is 0.0448. The van der Waals surface area contributed by atoms with Crippen molar-refractivity contribution in [2.75, 3.05) is 26.8 Å². The van der Waals surface area contributed by atoms with Crippen LogP contribution in [0.2, 0.25) is 0 Å². The van der Waals surface area contributed by atoms with Crippen LogP contribution in [0.3, 0.4) is 0 Å². The van der Waals surface area contributed by atoms with Gasteiger partial charge in [0.25, 0.3) is 5.91 Å². The Bertz CT molecular complexity index is 411. The number of hydrogen-bond donors (Lipinski definition) is 0. The van der Waals surface area contributed by atoms with E-state index in [0.717, 1.165) is 25.8 Å². The molecule has 1 amide bonds. The Morgan fingerprint density at radius 1 is 1.53 bits per heavy atom. The molecule has 1 aliphatic carbocycles. The third-order valence-electron chi connectivity index (χ3n) is 3.44. The second-order valence-electron chi connectivity index (χ2n) is 4.87. The van der Waals surface area contributed by atoms with Gasteiger partial charge in [-0.1, -0.05) is 12.2 Å². The SMILES string of the molecule is COCCN(CC1CC=CCC1)C(=O)c1ccco1. The van der Waals surface area contributed by atoms with Crippen molar-refractivity contribution in [1.29, 1.82) is 0 Å². The Balaban J connectivity index is 1.98. The van der Waals surface area contributed by atoms with Crippen molar-refractivity contribution in [3.63, 3.8) is 0 Å². The van der Waals surface area contributed by atoms with E-state index in [0.29, 0.717) is 24.8 Å². The number of carbonyl (C=O) groups is 1. The summed E-state index contributed by atoms with van der Waals surface area (Å²) in [6, 6.07) is 3.45. The minimum atomic E-state index is -0.0448. The maximum Gasteiger partial charge on any atom is 0.289 e. The van der Waals surface area contributed by atoms with Gasteiger partial charge in [0.15, 0.2) is 5.76 Å². The van der Waals surface area contributed by atoms with Crippen molar-refractivity contribution in [2.24, 2.45) is 5.92 Å². The third kappa shape index (κ3) is 3.96. The van der Waals surface area contributed by atoms with Crippen molar-refractivity contribution < 1.29 is 13.9 Å². The third-order valence-corrected chi connectivity index (χ3v) is 3.44. The second kappa shape index (κ2) is 7.14. The normalized spacial score (nSPS) is 18.5. The van der Waals surface area contributed by atoms with Crippen LogP contribution in [0.25, 0.3) is 0 Å². The van der Waals surface area contributed by atoms with E-state index < -0.39 is 0 Å². The van der Waals surface area contributed by atoms with Gasteiger partial charge in [-0.05, 0) is 37.3 Å². The fourth-order valence-electron chi connectivity index (χ4n) is 2.37. The summed E-state index contributed by atoms with van der Waals surface area (Å²) in [5, 5.41) is 0. The highest BCUT2D eigenvalue weighted by Crippen LogP contribution is 2.20. The minimum Gasteiger partial charge on any atom is -0.459 e. The van der Waals surface area contributed by atoms with E-state index in [4.69, 9.17) is 9.15 Å². The number of methoxy groups -OCH3 is 1. The molecule has 1 unspecified atom stereocenters. The molecular weight excluding hydrogens is 242 g/mol. The summed E-state index contributed by atoms with van der Waals surface area (Å²) >= 11 is 0. The number of allylic oxidation sites excluding steroid dienone is 2. The molecule has 0 saturated carbocycles. The van der Waals surface area contributed by atoms with Crippen molar-refractivity contribution in [2.45, 2.75) is 19.3 Å². The van der Waals surface area contributed by atoms with Gasteiger partial charge in [0.1, 0.15) is 0 Å². The summed E-state index contributed by atoms with van der Waals surface area (Å²) in [4.78, 5) is 14.2. The fourth-order valence-corrected chi connectivity index (χ4v) is 2.37. The maximum atomic E-state index is 12.3. The molecular formula is C15H21NO3. The first-order valence-electron chi connectivity index (χ1n) is 6.78. The molecule has 1 heterocycles. The molecule has 4 nitrogen and oxygen atoms in total. The van der Waals surface area contributed by atoms with Gasteiger partial charge in [-0.25, -0.2) is 0 Å². The van der Waals surface area contributed by atoms with Crippen LogP contribution in [0.5, 0.6) is 0 Å². The Morgan fingerprint density at radius 2 is 2.42 bits per heavy atom. The number of carbonyl (C=O) groups excluding carboxylic acids is 1. The standard InChI is InChI=1S/C15H21NO3/c1-18-11-9-16(12-13-6-3-2-4-7-13)15(17)14-8-5-10-19-14/h2-3,5,8,10,13H,4,6-7,9,11-12H2,1H3. The first-order chi connectivity index (χ1) is 9.31. The highest BCUT2D eigenvalue weighted by molar-refractivity contribution is 5.91. The van der Waals surface area contributed by atoms with Crippen molar-refractivity contribution in [3.05, 3.63) is 36.3 Å². The molecule has 0 N–H and O–H groups in total. The van der Waals surface area contributed by atoms with Crippen molar-refractivity contribution >= 4 is 5.91 Å². The van der Waals surface area contributed by atoms with Gasteiger partial charge in [-0.2, -0.15) is 0 Å². The molecule has 0 fully saturated rings. The van der Waals surface area contributed by atoms with Crippen LogP contribution in [0.1, 0.15) is 29.8 Å². The lowest BCUT2D eigenvalue weighted by molar-refractivity contribution is 0.0627. The van der Waals surface area contributed by atoms with Gasteiger partial charge < -0.3 is 14.1 Å². The monoisotopic (exact) mass is 263 g/mol. The van der Waals surface area contributed by atoms with Crippen LogP contribution in [-0.4, -0.2) is 37.6 Å². The summed E-state index contributed by atoms with van der Waals surface area (Å²) in [7, 11) is 1.65. The molecule has 1 aliphatic rings. The zero-order chi connectivity index (χ0) is 13.5. The Labute approximate surface area is 114 Å². The maximum absolute atomic E-state index is 12.3. The van der Waals surface area contributed by atoms with Crippen LogP contribution < -0.4 is 0 Å². The van der Waals surface area contributed by atoms with Gasteiger partial charge in [0, 0.05) is 20.2 Å². The Kier molecular flexibility index (Phi) is 5.21. The predicted octanol–water partition coefficient (Wildman–Crippen LogP) is 2.72. The molecule has 2 rings (SSSR count). The first kappa shape index (κ1) is 13.9. The molecule has 0 aromatic carbocycles. The molecule has 0 saturated heterocycles. The topological polar surface area (TPSA) is 42.7 Å². The Morgan fingerprint density at radius 3 is 3.05 bits per heavy atom. The van der Waals surface area contributed by atoms with Gasteiger partial charge in [-0.3, -0.25) is 4.79 Å². The van der Waals surface area contributed by atoms with E-state index in [1.54, 1.807) is 19.2 Å². The van der Waals surface area contributed by atoms with Crippen molar-refractivity contribution in [1.82, 2.24) is 4.90 Å².